The van der Waals surface area contributed by atoms with Gasteiger partial charge in [0, 0.05) is 24.8 Å². The molecule has 0 spiro atoms. The Balaban J connectivity index is 2.49. The van der Waals surface area contributed by atoms with Crippen LogP contribution in [0.5, 0.6) is 0 Å². The molecular formula is C11H17NO3. The molecule has 84 valence electrons. The summed E-state index contributed by atoms with van der Waals surface area (Å²) < 4.78 is 0. The molecule has 0 radical (unpaired) electrons. The second-order valence-electron chi connectivity index (χ2n) is 4.29. The predicted molar refractivity (Wildman–Crippen MR) is 55.0 cm³/mol. The van der Waals surface area contributed by atoms with Gasteiger partial charge in [-0.05, 0) is 13.3 Å². The number of rotatable bonds is 4. The molecular weight excluding hydrogens is 194 g/mol. The molecule has 0 bridgehead atoms. The monoisotopic (exact) mass is 211 g/mol. The quantitative estimate of drug-likeness (QED) is 0.652. The average Bonchev–Trinajstić information content (AvgIpc) is 2.38. The van der Waals surface area contributed by atoms with Crippen molar-refractivity contribution in [2.24, 2.45) is 11.8 Å². The van der Waals surface area contributed by atoms with Crippen LogP contribution in [0.3, 0.4) is 0 Å². The highest BCUT2D eigenvalue weighted by Gasteiger charge is 2.35. The lowest BCUT2D eigenvalue weighted by atomic mass is 10.0. The normalized spacial score (nSPS) is 23.4. The highest BCUT2D eigenvalue weighted by Crippen LogP contribution is 2.19. The molecule has 4 nitrogen and oxygen atoms in total. The fourth-order valence-electron chi connectivity index (χ4n) is 1.61. The topological polar surface area (TPSA) is 54.5 Å². The Morgan fingerprint density at radius 2 is 2.13 bits per heavy atom. The molecule has 4 heteroatoms. The van der Waals surface area contributed by atoms with Crippen molar-refractivity contribution in [1.82, 2.24) is 4.90 Å². The van der Waals surface area contributed by atoms with Crippen molar-refractivity contribution in [3.8, 4) is 0 Å². The number of imide groups is 1. The van der Waals surface area contributed by atoms with E-state index in [9.17, 15) is 14.4 Å². The first-order chi connectivity index (χ1) is 6.93. The summed E-state index contributed by atoms with van der Waals surface area (Å²) in [5.74, 6) is -0.382. The smallest absolute Gasteiger partial charge is 0.232 e. The summed E-state index contributed by atoms with van der Waals surface area (Å²) in [4.78, 5) is 35.2. The van der Waals surface area contributed by atoms with Crippen LogP contribution in [-0.4, -0.2) is 29.0 Å². The van der Waals surface area contributed by atoms with Gasteiger partial charge >= 0.3 is 0 Å². The maximum atomic E-state index is 11.5. The fraction of sp³-hybridized carbons (Fsp3) is 0.727. The van der Waals surface area contributed by atoms with E-state index in [-0.39, 0.29) is 29.4 Å². The van der Waals surface area contributed by atoms with E-state index >= 15 is 0 Å². The van der Waals surface area contributed by atoms with Gasteiger partial charge in [0.25, 0.3) is 0 Å². The maximum absolute atomic E-state index is 11.5. The number of nitrogens with zero attached hydrogens (tertiary/aromatic N) is 1. The van der Waals surface area contributed by atoms with Crippen molar-refractivity contribution in [2.75, 3.05) is 6.54 Å². The Hall–Kier alpha value is -1.19. The average molecular weight is 211 g/mol. The molecule has 2 unspecified atom stereocenters. The molecule has 1 rings (SSSR count). The Bertz CT molecular complexity index is 298. The summed E-state index contributed by atoms with van der Waals surface area (Å²) in [5, 5.41) is 0. The summed E-state index contributed by atoms with van der Waals surface area (Å²) in [5.41, 5.74) is 0. The van der Waals surface area contributed by atoms with Crippen LogP contribution in [0.15, 0.2) is 0 Å². The molecule has 1 aliphatic rings. The van der Waals surface area contributed by atoms with Gasteiger partial charge in [-0.15, -0.1) is 0 Å². The Morgan fingerprint density at radius 1 is 1.53 bits per heavy atom. The minimum absolute atomic E-state index is 0.0819. The first-order valence-electron chi connectivity index (χ1n) is 5.28. The van der Waals surface area contributed by atoms with Gasteiger partial charge in [-0.1, -0.05) is 13.8 Å². The zero-order valence-corrected chi connectivity index (χ0v) is 9.45. The first kappa shape index (κ1) is 11.9. The summed E-state index contributed by atoms with van der Waals surface area (Å²) >= 11 is 0. The lowest BCUT2D eigenvalue weighted by Crippen LogP contribution is -2.32. The number of likely N-dealkylation sites (tertiary alicyclic amines) is 1. The largest absolute Gasteiger partial charge is 0.300 e. The lowest BCUT2D eigenvalue weighted by molar-refractivity contribution is -0.139. The van der Waals surface area contributed by atoms with E-state index in [4.69, 9.17) is 0 Å². The highest BCUT2D eigenvalue weighted by atomic mass is 16.2. The van der Waals surface area contributed by atoms with Gasteiger partial charge in [0.2, 0.25) is 11.8 Å². The molecule has 1 fully saturated rings. The van der Waals surface area contributed by atoms with Crippen molar-refractivity contribution in [2.45, 2.75) is 33.6 Å². The summed E-state index contributed by atoms with van der Waals surface area (Å²) in [7, 11) is 0. The third-order valence-corrected chi connectivity index (χ3v) is 2.95. The van der Waals surface area contributed by atoms with Gasteiger partial charge in [-0.2, -0.15) is 0 Å². The van der Waals surface area contributed by atoms with E-state index in [1.165, 1.54) is 11.8 Å². The van der Waals surface area contributed by atoms with Gasteiger partial charge < -0.3 is 0 Å². The van der Waals surface area contributed by atoms with Crippen molar-refractivity contribution >= 4 is 17.6 Å². The minimum atomic E-state index is -0.190. The summed E-state index contributed by atoms with van der Waals surface area (Å²) in [6, 6.07) is 0. The van der Waals surface area contributed by atoms with Crippen LogP contribution in [-0.2, 0) is 14.4 Å². The van der Waals surface area contributed by atoms with Gasteiger partial charge in [0.15, 0.2) is 0 Å². The number of hydrogen-bond acceptors (Lipinski definition) is 3. The number of Topliss-reactive ketones (excluding diaryl/α,β-unsaturated/α-hetero) is 1. The number of hydrogen-bond donors (Lipinski definition) is 0. The molecule has 0 aliphatic carbocycles. The SMILES string of the molecule is CC(=O)C(C)CCN1C(=O)CC(C)C1=O. The number of amides is 2. The van der Waals surface area contributed by atoms with Crippen LogP contribution < -0.4 is 0 Å². The Labute approximate surface area is 89.6 Å². The Morgan fingerprint density at radius 3 is 2.53 bits per heavy atom. The van der Waals surface area contributed by atoms with Gasteiger partial charge in [-0.3, -0.25) is 19.3 Å². The second kappa shape index (κ2) is 4.55. The molecule has 0 saturated carbocycles. The van der Waals surface area contributed by atoms with Gasteiger partial charge in [0.05, 0.1) is 0 Å². The predicted octanol–water partition coefficient (Wildman–Crippen LogP) is 0.997. The van der Waals surface area contributed by atoms with E-state index < -0.39 is 0 Å². The molecule has 1 heterocycles. The fourth-order valence-corrected chi connectivity index (χ4v) is 1.61. The van der Waals surface area contributed by atoms with Crippen molar-refractivity contribution in [3.63, 3.8) is 0 Å². The third-order valence-electron chi connectivity index (χ3n) is 2.95. The molecule has 1 aliphatic heterocycles. The summed E-state index contributed by atoms with van der Waals surface area (Å²) in [6.07, 6.45) is 0.882. The van der Waals surface area contributed by atoms with Crippen molar-refractivity contribution < 1.29 is 14.4 Å². The standard InChI is InChI=1S/C11H17NO3/c1-7(9(3)13)4-5-12-10(14)6-8(2)11(12)15/h7-8H,4-6H2,1-3H3. The molecule has 0 aromatic carbocycles. The molecule has 2 amide bonds. The summed E-state index contributed by atoms with van der Waals surface area (Å²) in [6.45, 7) is 5.48. The van der Waals surface area contributed by atoms with E-state index in [1.54, 1.807) is 6.92 Å². The molecule has 0 aromatic heterocycles. The van der Waals surface area contributed by atoms with Crippen LogP contribution >= 0.6 is 0 Å². The third kappa shape index (κ3) is 2.64. The van der Waals surface area contributed by atoms with Crippen LogP contribution in [0, 0.1) is 11.8 Å². The van der Waals surface area contributed by atoms with Crippen molar-refractivity contribution in [3.05, 3.63) is 0 Å². The molecule has 15 heavy (non-hydrogen) atoms. The van der Waals surface area contributed by atoms with Crippen molar-refractivity contribution in [1.29, 1.82) is 0 Å². The van der Waals surface area contributed by atoms with Gasteiger partial charge in [0.1, 0.15) is 5.78 Å². The van der Waals surface area contributed by atoms with E-state index in [2.05, 4.69) is 0 Å². The first-order valence-corrected chi connectivity index (χ1v) is 5.28. The molecule has 0 aromatic rings. The second-order valence-corrected chi connectivity index (χ2v) is 4.29. The highest BCUT2D eigenvalue weighted by molar-refractivity contribution is 6.03. The molecule has 0 N–H and O–H groups in total. The van der Waals surface area contributed by atoms with Crippen LogP contribution in [0.2, 0.25) is 0 Å². The van der Waals surface area contributed by atoms with E-state index in [1.807, 2.05) is 6.92 Å². The van der Waals surface area contributed by atoms with Crippen LogP contribution in [0.25, 0.3) is 0 Å². The van der Waals surface area contributed by atoms with Crippen LogP contribution in [0.1, 0.15) is 33.6 Å². The number of carbonyl (C=O) groups is 3. The maximum Gasteiger partial charge on any atom is 0.232 e. The van der Waals surface area contributed by atoms with E-state index in [0.29, 0.717) is 19.4 Å². The zero-order chi connectivity index (χ0) is 11.6. The molecule has 1 saturated heterocycles. The lowest BCUT2D eigenvalue weighted by Gasteiger charge is -2.16. The number of ketones is 1. The van der Waals surface area contributed by atoms with E-state index in [0.717, 1.165) is 0 Å². The molecule has 2 atom stereocenters. The van der Waals surface area contributed by atoms with Crippen LogP contribution in [0.4, 0.5) is 0 Å². The minimum Gasteiger partial charge on any atom is -0.300 e. The Kier molecular flexibility index (Phi) is 3.61. The number of carbonyl (C=O) groups excluding carboxylic acids is 3. The zero-order valence-electron chi connectivity index (χ0n) is 9.45. The van der Waals surface area contributed by atoms with Gasteiger partial charge in [-0.25, -0.2) is 0 Å².